The van der Waals surface area contributed by atoms with Crippen molar-refractivity contribution in [2.75, 3.05) is 42.5 Å². The van der Waals surface area contributed by atoms with E-state index in [4.69, 9.17) is 0 Å². The van der Waals surface area contributed by atoms with Crippen molar-refractivity contribution < 1.29 is 13.2 Å². The topological polar surface area (TPSA) is 90.5 Å². The first-order chi connectivity index (χ1) is 10.3. The van der Waals surface area contributed by atoms with E-state index in [1.807, 2.05) is 0 Å². The second-order valence-corrected chi connectivity index (χ2v) is 6.61. The van der Waals surface area contributed by atoms with Gasteiger partial charge in [0.15, 0.2) is 0 Å². The van der Waals surface area contributed by atoms with Crippen LogP contribution >= 0.6 is 0 Å². The van der Waals surface area contributed by atoms with Gasteiger partial charge in [-0.3, -0.25) is 4.72 Å². The van der Waals surface area contributed by atoms with Gasteiger partial charge in [-0.25, -0.2) is 13.2 Å². The highest BCUT2D eigenvalue weighted by molar-refractivity contribution is 7.92. The predicted octanol–water partition coefficient (Wildman–Crippen LogP) is 1.52. The van der Waals surface area contributed by atoms with Crippen LogP contribution in [0.3, 0.4) is 0 Å². The number of sulfonamides is 1. The average molecular weight is 328 g/mol. The molecule has 0 aliphatic carbocycles. The van der Waals surface area contributed by atoms with Gasteiger partial charge in [0.2, 0.25) is 10.0 Å². The average Bonchev–Trinajstić information content (AvgIpc) is 2.44. The Balaban J connectivity index is 2.41. The molecule has 0 bridgehead atoms. The fourth-order valence-corrected chi connectivity index (χ4v) is 2.44. The highest BCUT2D eigenvalue weighted by Crippen LogP contribution is 2.14. The molecule has 1 aromatic carbocycles. The number of carbonyl (C=O) groups is 1. The maximum absolute atomic E-state index is 11.7. The van der Waals surface area contributed by atoms with Crippen LogP contribution < -0.4 is 15.4 Å². The number of amides is 2. The second-order valence-electron chi connectivity index (χ2n) is 4.86. The largest absolute Gasteiger partial charge is 0.337 e. The van der Waals surface area contributed by atoms with E-state index in [9.17, 15) is 13.2 Å². The summed E-state index contributed by atoms with van der Waals surface area (Å²) < 4.78 is 24.5. The van der Waals surface area contributed by atoms with Crippen LogP contribution in [-0.4, -0.2) is 51.8 Å². The molecule has 0 saturated heterocycles. The van der Waals surface area contributed by atoms with Gasteiger partial charge in [0.05, 0.1) is 6.26 Å². The van der Waals surface area contributed by atoms with Crippen LogP contribution in [0.15, 0.2) is 24.3 Å². The molecule has 3 N–H and O–H groups in total. The summed E-state index contributed by atoms with van der Waals surface area (Å²) in [7, 11) is -3.29. The monoisotopic (exact) mass is 328 g/mol. The molecule has 0 aliphatic heterocycles. The van der Waals surface area contributed by atoms with E-state index in [2.05, 4.69) is 34.1 Å². The predicted molar refractivity (Wildman–Crippen MR) is 89.7 cm³/mol. The van der Waals surface area contributed by atoms with Crippen molar-refractivity contribution in [1.82, 2.24) is 10.2 Å². The molecule has 7 nitrogen and oxygen atoms in total. The van der Waals surface area contributed by atoms with Gasteiger partial charge in [-0.15, -0.1) is 0 Å². The van der Waals surface area contributed by atoms with Crippen LogP contribution in [0.2, 0.25) is 0 Å². The molecule has 1 aromatic rings. The molecular formula is C14H24N4O3S. The van der Waals surface area contributed by atoms with Gasteiger partial charge in [-0.05, 0) is 37.4 Å². The highest BCUT2D eigenvalue weighted by Gasteiger charge is 2.04. The standard InChI is InChI=1S/C14H24N4O3S/c1-4-18(5-2)11-10-15-14(19)16-12-6-8-13(9-7-12)17-22(3,20)21/h6-9,17H,4-5,10-11H2,1-3H3,(H2,15,16,19). The Morgan fingerprint density at radius 1 is 1.09 bits per heavy atom. The number of rotatable bonds is 8. The summed E-state index contributed by atoms with van der Waals surface area (Å²) in [5.41, 5.74) is 1.05. The minimum atomic E-state index is -3.29. The first kappa shape index (κ1) is 18.2. The van der Waals surface area contributed by atoms with Gasteiger partial charge in [0.25, 0.3) is 0 Å². The molecule has 1 rings (SSSR count). The molecule has 0 radical (unpaired) electrons. The lowest BCUT2D eigenvalue weighted by atomic mass is 10.3. The lowest BCUT2D eigenvalue weighted by Gasteiger charge is -2.18. The quantitative estimate of drug-likeness (QED) is 0.675. The number of anilines is 2. The summed E-state index contributed by atoms with van der Waals surface area (Å²) in [5.74, 6) is 0. The van der Waals surface area contributed by atoms with Crippen molar-refractivity contribution in [3.8, 4) is 0 Å². The van der Waals surface area contributed by atoms with Crippen LogP contribution in [0, 0.1) is 0 Å². The number of hydrogen-bond donors (Lipinski definition) is 3. The van der Waals surface area contributed by atoms with Crippen molar-refractivity contribution in [3.63, 3.8) is 0 Å². The minimum absolute atomic E-state index is 0.282. The van der Waals surface area contributed by atoms with E-state index in [-0.39, 0.29) is 6.03 Å². The van der Waals surface area contributed by atoms with Gasteiger partial charge in [0.1, 0.15) is 0 Å². The molecule has 0 heterocycles. The Morgan fingerprint density at radius 3 is 2.14 bits per heavy atom. The minimum Gasteiger partial charge on any atom is -0.337 e. The number of nitrogens with one attached hydrogen (secondary N) is 3. The summed E-state index contributed by atoms with van der Waals surface area (Å²) in [4.78, 5) is 13.9. The van der Waals surface area contributed by atoms with E-state index in [1.54, 1.807) is 24.3 Å². The smallest absolute Gasteiger partial charge is 0.319 e. The van der Waals surface area contributed by atoms with Crippen LogP contribution in [0.1, 0.15) is 13.8 Å². The third kappa shape index (κ3) is 7.28. The van der Waals surface area contributed by atoms with E-state index in [0.29, 0.717) is 17.9 Å². The molecule has 0 aliphatic rings. The molecule has 0 unspecified atom stereocenters. The molecule has 124 valence electrons. The Kier molecular flexibility index (Phi) is 7.13. The Labute approximate surface area is 132 Å². The zero-order valence-corrected chi connectivity index (χ0v) is 14.0. The molecular weight excluding hydrogens is 304 g/mol. The van der Waals surface area contributed by atoms with Gasteiger partial charge in [-0.1, -0.05) is 13.8 Å². The zero-order valence-electron chi connectivity index (χ0n) is 13.2. The molecule has 8 heteroatoms. The summed E-state index contributed by atoms with van der Waals surface area (Å²) in [5, 5.41) is 5.48. The number of hydrogen-bond acceptors (Lipinski definition) is 4. The second kappa shape index (κ2) is 8.60. The molecule has 0 saturated carbocycles. The molecule has 0 atom stereocenters. The number of carbonyl (C=O) groups excluding carboxylic acids is 1. The van der Waals surface area contributed by atoms with E-state index in [1.165, 1.54) is 0 Å². The third-order valence-corrected chi connectivity index (χ3v) is 3.66. The van der Waals surface area contributed by atoms with Crippen molar-refractivity contribution >= 4 is 27.4 Å². The number of benzene rings is 1. The SMILES string of the molecule is CCN(CC)CCNC(=O)Nc1ccc(NS(C)(=O)=O)cc1. The van der Waals surface area contributed by atoms with Crippen molar-refractivity contribution in [2.24, 2.45) is 0 Å². The van der Waals surface area contributed by atoms with Crippen LogP contribution in [0.25, 0.3) is 0 Å². The maximum Gasteiger partial charge on any atom is 0.319 e. The molecule has 0 spiro atoms. The fraction of sp³-hybridized carbons (Fsp3) is 0.500. The molecule has 22 heavy (non-hydrogen) atoms. The number of nitrogens with zero attached hydrogens (tertiary/aromatic N) is 1. The van der Waals surface area contributed by atoms with E-state index in [0.717, 1.165) is 25.9 Å². The van der Waals surface area contributed by atoms with E-state index >= 15 is 0 Å². The summed E-state index contributed by atoms with van der Waals surface area (Å²) in [6.07, 6.45) is 1.09. The number of urea groups is 1. The maximum atomic E-state index is 11.7. The lowest BCUT2D eigenvalue weighted by molar-refractivity contribution is 0.248. The normalized spacial score (nSPS) is 11.3. The Bertz CT molecular complexity index is 568. The summed E-state index contributed by atoms with van der Waals surface area (Å²) >= 11 is 0. The highest BCUT2D eigenvalue weighted by atomic mass is 32.2. The van der Waals surface area contributed by atoms with Gasteiger partial charge >= 0.3 is 6.03 Å². The Hall–Kier alpha value is -1.80. The third-order valence-electron chi connectivity index (χ3n) is 3.05. The Morgan fingerprint density at radius 2 is 1.64 bits per heavy atom. The first-order valence-corrected chi connectivity index (χ1v) is 9.08. The van der Waals surface area contributed by atoms with Crippen molar-refractivity contribution in [3.05, 3.63) is 24.3 Å². The van der Waals surface area contributed by atoms with Gasteiger partial charge in [-0.2, -0.15) is 0 Å². The zero-order chi connectivity index (χ0) is 16.6. The molecule has 0 aromatic heterocycles. The summed E-state index contributed by atoms with van der Waals surface area (Å²) in [6, 6.07) is 6.17. The van der Waals surface area contributed by atoms with Gasteiger partial charge in [0, 0.05) is 24.5 Å². The first-order valence-electron chi connectivity index (χ1n) is 7.19. The van der Waals surface area contributed by atoms with Crippen LogP contribution in [0.4, 0.5) is 16.2 Å². The van der Waals surface area contributed by atoms with Gasteiger partial charge < -0.3 is 15.5 Å². The van der Waals surface area contributed by atoms with Crippen LogP contribution in [0.5, 0.6) is 0 Å². The lowest BCUT2D eigenvalue weighted by Crippen LogP contribution is -2.36. The number of likely N-dealkylation sites (N-methyl/N-ethyl adjacent to an activating group) is 1. The van der Waals surface area contributed by atoms with Crippen LogP contribution in [-0.2, 0) is 10.0 Å². The van der Waals surface area contributed by atoms with Crippen molar-refractivity contribution in [2.45, 2.75) is 13.8 Å². The molecule has 2 amide bonds. The van der Waals surface area contributed by atoms with Crippen molar-refractivity contribution in [1.29, 1.82) is 0 Å². The fourth-order valence-electron chi connectivity index (χ4n) is 1.88. The molecule has 0 fully saturated rings. The summed E-state index contributed by atoms with van der Waals surface area (Å²) in [6.45, 7) is 7.44. The van der Waals surface area contributed by atoms with E-state index < -0.39 is 10.0 Å².